The van der Waals surface area contributed by atoms with E-state index >= 15 is 0 Å². The summed E-state index contributed by atoms with van der Waals surface area (Å²) >= 11 is 0. The van der Waals surface area contributed by atoms with Crippen molar-refractivity contribution in [3.05, 3.63) is 0 Å². The van der Waals surface area contributed by atoms with E-state index in [2.05, 4.69) is 22.2 Å². The average molecular weight is 254 g/mol. The Labute approximate surface area is 110 Å². The number of hydrogen-bond donors (Lipinski definition) is 2. The van der Waals surface area contributed by atoms with E-state index in [1.54, 1.807) is 0 Å². The van der Waals surface area contributed by atoms with Crippen molar-refractivity contribution in [3.8, 4) is 0 Å². The summed E-state index contributed by atoms with van der Waals surface area (Å²) in [6.07, 6.45) is 3.05. The molecule has 1 saturated heterocycles. The molecular weight excluding hydrogens is 228 g/mol. The molecule has 0 aromatic rings. The Morgan fingerprint density at radius 1 is 1.28 bits per heavy atom. The molecule has 0 bridgehead atoms. The molecule has 5 heteroatoms. The van der Waals surface area contributed by atoms with Crippen molar-refractivity contribution in [3.63, 3.8) is 0 Å². The standard InChI is InChI=1S/C13H26N4O/c1-16-7-9-17(10-8-16)6-5-15-13(18)11-3-2-4-12(11)14/h11-12H,2-10,14H2,1H3,(H,15,18). The van der Waals surface area contributed by atoms with E-state index in [0.29, 0.717) is 0 Å². The van der Waals surface area contributed by atoms with Crippen LogP contribution in [-0.2, 0) is 4.79 Å². The van der Waals surface area contributed by atoms with Gasteiger partial charge in [0.15, 0.2) is 0 Å². The van der Waals surface area contributed by atoms with Crippen LogP contribution in [0.15, 0.2) is 0 Å². The molecule has 0 aromatic heterocycles. The number of piperazine rings is 1. The van der Waals surface area contributed by atoms with Gasteiger partial charge in [-0.25, -0.2) is 0 Å². The van der Waals surface area contributed by atoms with Crippen molar-refractivity contribution in [2.24, 2.45) is 11.7 Å². The molecule has 0 radical (unpaired) electrons. The molecule has 18 heavy (non-hydrogen) atoms. The molecule has 2 fully saturated rings. The molecule has 1 aliphatic heterocycles. The van der Waals surface area contributed by atoms with Gasteiger partial charge >= 0.3 is 0 Å². The van der Waals surface area contributed by atoms with Gasteiger partial charge in [-0.05, 0) is 19.9 Å². The molecule has 2 rings (SSSR count). The third-order valence-corrected chi connectivity index (χ3v) is 4.23. The van der Waals surface area contributed by atoms with Crippen molar-refractivity contribution in [2.45, 2.75) is 25.3 Å². The number of rotatable bonds is 4. The van der Waals surface area contributed by atoms with Crippen LogP contribution in [0.2, 0.25) is 0 Å². The van der Waals surface area contributed by atoms with Gasteiger partial charge in [0.2, 0.25) is 5.91 Å². The van der Waals surface area contributed by atoms with Gasteiger partial charge in [-0.3, -0.25) is 9.69 Å². The van der Waals surface area contributed by atoms with Crippen LogP contribution in [0.25, 0.3) is 0 Å². The third-order valence-electron chi connectivity index (χ3n) is 4.23. The Bertz CT molecular complexity index is 276. The van der Waals surface area contributed by atoms with Crippen molar-refractivity contribution < 1.29 is 4.79 Å². The fourth-order valence-electron chi connectivity index (χ4n) is 2.85. The smallest absolute Gasteiger partial charge is 0.224 e. The number of nitrogens with two attached hydrogens (primary N) is 1. The van der Waals surface area contributed by atoms with E-state index in [9.17, 15) is 4.79 Å². The molecule has 2 unspecified atom stereocenters. The molecule has 2 aliphatic rings. The number of hydrogen-bond acceptors (Lipinski definition) is 4. The maximum atomic E-state index is 11.9. The monoisotopic (exact) mass is 254 g/mol. The number of likely N-dealkylation sites (N-methyl/N-ethyl adjacent to an activating group) is 1. The summed E-state index contributed by atoms with van der Waals surface area (Å²) in [6.45, 7) is 6.18. The van der Waals surface area contributed by atoms with Gasteiger partial charge in [-0.1, -0.05) is 6.42 Å². The van der Waals surface area contributed by atoms with Crippen LogP contribution in [0.4, 0.5) is 0 Å². The summed E-state index contributed by atoms with van der Waals surface area (Å²) in [6, 6.07) is 0.0774. The summed E-state index contributed by atoms with van der Waals surface area (Å²) in [5.74, 6) is 0.214. The fourth-order valence-corrected chi connectivity index (χ4v) is 2.85. The topological polar surface area (TPSA) is 61.6 Å². The minimum Gasteiger partial charge on any atom is -0.355 e. The molecule has 0 spiro atoms. The summed E-state index contributed by atoms with van der Waals surface area (Å²) in [5, 5.41) is 3.04. The summed E-state index contributed by atoms with van der Waals surface area (Å²) in [7, 11) is 2.15. The average Bonchev–Trinajstić information content (AvgIpc) is 2.78. The lowest BCUT2D eigenvalue weighted by atomic mass is 10.0. The molecular formula is C13H26N4O. The summed E-state index contributed by atoms with van der Waals surface area (Å²) in [5.41, 5.74) is 5.93. The van der Waals surface area contributed by atoms with Crippen LogP contribution in [-0.4, -0.2) is 68.1 Å². The van der Waals surface area contributed by atoms with Crippen molar-refractivity contribution >= 4 is 5.91 Å². The van der Waals surface area contributed by atoms with Crippen molar-refractivity contribution in [2.75, 3.05) is 46.3 Å². The Hall–Kier alpha value is -0.650. The minimum absolute atomic E-state index is 0.0532. The highest BCUT2D eigenvalue weighted by Crippen LogP contribution is 2.23. The van der Waals surface area contributed by atoms with Crippen LogP contribution in [0.1, 0.15) is 19.3 Å². The van der Waals surface area contributed by atoms with E-state index in [-0.39, 0.29) is 17.9 Å². The second-order valence-corrected chi connectivity index (χ2v) is 5.64. The molecule has 0 aromatic carbocycles. The van der Waals surface area contributed by atoms with Gasteiger partial charge in [-0.15, -0.1) is 0 Å². The van der Waals surface area contributed by atoms with E-state index in [0.717, 1.165) is 58.5 Å². The van der Waals surface area contributed by atoms with Gasteiger partial charge in [0.1, 0.15) is 0 Å². The highest BCUT2D eigenvalue weighted by atomic mass is 16.1. The lowest BCUT2D eigenvalue weighted by Crippen LogP contribution is -2.47. The predicted molar refractivity (Wildman–Crippen MR) is 72.3 cm³/mol. The van der Waals surface area contributed by atoms with E-state index < -0.39 is 0 Å². The first-order chi connectivity index (χ1) is 8.66. The van der Waals surface area contributed by atoms with Crippen LogP contribution >= 0.6 is 0 Å². The third kappa shape index (κ3) is 3.67. The summed E-state index contributed by atoms with van der Waals surface area (Å²) in [4.78, 5) is 16.7. The maximum Gasteiger partial charge on any atom is 0.224 e. The molecule has 104 valence electrons. The number of nitrogens with zero attached hydrogens (tertiary/aromatic N) is 2. The second-order valence-electron chi connectivity index (χ2n) is 5.64. The lowest BCUT2D eigenvalue weighted by molar-refractivity contribution is -0.125. The number of nitrogens with one attached hydrogen (secondary N) is 1. The van der Waals surface area contributed by atoms with E-state index in [4.69, 9.17) is 5.73 Å². The highest BCUT2D eigenvalue weighted by molar-refractivity contribution is 5.79. The first kappa shape index (κ1) is 13.8. The van der Waals surface area contributed by atoms with Crippen molar-refractivity contribution in [1.29, 1.82) is 0 Å². The molecule has 1 saturated carbocycles. The van der Waals surface area contributed by atoms with Crippen LogP contribution in [0, 0.1) is 5.92 Å². The van der Waals surface area contributed by atoms with Crippen LogP contribution < -0.4 is 11.1 Å². The SMILES string of the molecule is CN1CCN(CCNC(=O)C2CCCC2N)CC1. The molecule has 1 heterocycles. The zero-order valence-electron chi connectivity index (χ0n) is 11.4. The Balaban J connectivity index is 1.61. The molecule has 3 N–H and O–H groups in total. The van der Waals surface area contributed by atoms with E-state index in [1.165, 1.54) is 0 Å². The second kappa shape index (κ2) is 6.50. The Morgan fingerprint density at radius 2 is 2.00 bits per heavy atom. The van der Waals surface area contributed by atoms with Crippen molar-refractivity contribution in [1.82, 2.24) is 15.1 Å². The fraction of sp³-hybridized carbons (Fsp3) is 0.923. The number of carbonyl (C=O) groups excluding carboxylic acids is 1. The first-order valence-corrected chi connectivity index (χ1v) is 7.11. The number of amides is 1. The Morgan fingerprint density at radius 3 is 2.61 bits per heavy atom. The normalized spacial score (nSPS) is 30.6. The van der Waals surface area contributed by atoms with Crippen LogP contribution in [0.5, 0.6) is 0 Å². The van der Waals surface area contributed by atoms with E-state index in [1.807, 2.05) is 0 Å². The maximum absolute atomic E-state index is 11.9. The molecule has 5 nitrogen and oxygen atoms in total. The van der Waals surface area contributed by atoms with Gasteiger partial charge in [-0.2, -0.15) is 0 Å². The molecule has 1 amide bonds. The van der Waals surface area contributed by atoms with Gasteiger partial charge < -0.3 is 16.0 Å². The largest absolute Gasteiger partial charge is 0.355 e. The molecule has 2 atom stereocenters. The summed E-state index contributed by atoms with van der Waals surface area (Å²) < 4.78 is 0. The van der Waals surface area contributed by atoms with Gasteiger partial charge in [0.25, 0.3) is 0 Å². The van der Waals surface area contributed by atoms with Gasteiger partial charge in [0.05, 0.1) is 5.92 Å². The lowest BCUT2D eigenvalue weighted by Gasteiger charge is -2.32. The number of carbonyl (C=O) groups is 1. The molecule has 1 aliphatic carbocycles. The minimum atomic E-state index is 0.0532. The Kier molecular flexibility index (Phi) is 4.97. The first-order valence-electron chi connectivity index (χ1n) is 7.11. The zero-order chi connectivity index (χ0) is 13.0. The van der Waals surface area contributed by atoms with Gasteiger partial charge in [0, 0.05) is 45.3 Å². The highest BCUT2D eigenvalue weighted by Gasteiger charge is 2.29. The van der Waals surface area contributed by atoms with Crippen LogP contribution in [0.3, 0.4) is 0 Å². The predicted octanol–water partition coefficient (Wildman–Crippen LogP) is -0.523. The zero-order valence-corrected chi connectivity index (χ0v) is 11.4. The quantitative estimate of drug-likeness (QED) is 0.708.